The molecule has 39 heteroatoms. The van der Waals surface area contributed by atoms with E-state index < -0.39 is 163 Å². The molecule has 39 nitrogen and oxygen atoms in total. The van der Waals surface area contributed by atoms with Crippen molar-refractivity contribution in [2.24, 2.45) is 23.1 Å². The molecule has 25 N–H and O–H groups in total. The predicted octanol–water partition coefficient (Wildman–Crippen LogP) is 0.320. The lowest BCUT2D eigenvalue weighted by atomic mass is 9.86. The Morgan fingerprint density at radius 2 is 1.05 bits per heavy atom. The van der Waals surface area contributed by atoms with Crippen LogP contribution in [0.3, 0.4) is 0 Å². The number of aliphatic hydroxyl groups excluding tert-OH is 1. The first kappa shape index (κ1) is 98.8. The number of aromatic amines is 1. The minimum Gasteiger partial charge on any atom is -0.507 e. The van der Waals surface area contributed by atoms with Crippen molar-refractivity contribution < 1.29 is 82.4 Å². The number of likely N-dealkylation sites (tertiary alicyclic amines) is 2. The Labute approximate surface area is 739 Å². The predicted molar refractivity (Wildman–Crippen MR) is 470 cm³/mol. The molecule has 694 valence electrons. The van der Waals surface area contributed by atoms with E-state index in [1.165, 1.54) is 22.3 Å². The molecule has 13 amide bonds. The number of carboxylic acids is 1. The van der Waals surface area contributed by atoms with Gasteiger partial charge in [0.2, 0.25) is 76.8 Å². The fourth-order valence-electron chi connectivity index (χ4n) is 17.5. The number of carboxylic acid groups (broad SMARTS) is 1. The average molecular weight is 1770 g/mol. The Hall–Kier alpha value is -12.0. The Morgan fingerprint density at radius 1 is 0.543 bits per heavy atom. The van der Waals surface area contributed by atoms with Crippen LogP contribution < -0.4 is 86.3 Å². The fourth-order valence-corrected chi connectivity index (χ4v) is 17.5. The highest BCUT2D eigenvalue weighted by Crippen LogP contribution is 2.46. The summed E-state index contributed by atoms with van der Waals surface area (Å²) in [5.74, 6) is -11.7. The molecule has 0 radical (unpaired) electrons. The standard InChI is InChI=1S/C88H130N22O17/c1-4-5-27-61(76(116)105-66(44-55-25-14-24-52-19-10-11-26-57(52)55)80(120)107-68(86(126)127)43-51-41-58(53-20-6-7-21-53)74(114)59(42-51)54-22-8-9-23-54)101-83(123)70-31-17-38-109(70)73(113)47-97-75(115)60(28-12-13-35-89)100-81(121)67(45-56-46-94-49-98-56)106-82(122)69(48-111)108-79(119)65(40-50(2)3)104-77(117)62(29-15-36-95-87(90)91)102-84(124)71-32-18-39-110(71)85(125)64(30-16-37-96-88(92)93)103-78(118)63-33-34-72(112)99-63/h10-11,14,19,24-26,41-42,46,49-50,53-54,60-71,111,114H,4-9,12-13,15-18,20-23,27-40,43-45,47-48,89H2,1-3H3,(H,94,98)(H,97,115)(H,99,112)(H,100,121)(H,101,123)(H,102,124)(H,103,118)(H,104,117)(H,105,116)(H,106,122)(H,107,120)(H,108,119)(H,126,127)(H4,90,91,95)(H4,92,93,96)/t60-,61-,62-,63-,64-,65-,66+,67-,68+,69-,70-,71-/m0/s1. The summed E-state index contributed by atoms with van der Waals surface area (Å²) in [7, 11) is 0. The molecule has 4 heterocycles. The molecule has 4 aromatic rings. The molecule has 0 spiro atoms. The zero-order valence-electron chi connectivity index (χ0n) is 72.9. The highest BCUT2D eigenvalue weighted by atomic mass is 16.4. The molecule has 9 rings (SSSR count). The van der Waals surface area contributed by atoms with Crippen LogP contribution in [0.4, 0.5) is 0 Å². The summed E-state index contributed by atoms with van der Waals surface area (Å²) < 4.78 is 0. The number of phenols is 1. The van der Waals surface area contributed by atoms with E-state index >= 15 is 0 Å². The lowest BCUT2D eigenvalue weighted by molar-refractivity contribution is -0.142. The van der Waals surface area contributed by atoms with Crippen molar-refractivity contribution >= 4 is 105 Å². The SMILES string of the molecule is CCCC[C@H](NC(=O)[C@@H]1CCCN1C(=O)CNC(=O)[C@H](CCCCN)NC(=O)[C@H](Cc1cnc[nH]1)NC(=O)[C@H](CO)NC(=O)[C@H](CC(C)C)NC(=O)[C@H](CCCNC(=N)N)NC(=O)[C@@H]1CCCN1C(=O)[C@H](CCCNC(=N)N)NC(=O)[C@@H]1CCC(=O)N1)C(=O)N[C@H](Cc1cccc2ccccc12)C(=O)N[C@H](Cc1cc(C2CCCC2)c(O)c(C2CCCC2)c1)C(=O)O. The number of benzene rings is 3. The van der Waals surface area contributed by atoms with E-state index in [2.05, 4.69) is 79.1 Å². The van der Waals surface area contributed by atoms with E-state index in [-0.39, 0.29) is 170 Å². The summed E-state index contributed by atoms with van der Waals surface area (Å²) in [6, 6.07) is 0.827. The highest BCUT2D eigenvalue weighted by Gasteiger charge is 2.43. The second kappa shape index (κ2) is 49.2. The first-order chi connectivity index (χ1) is 60.9. The third-order valence-electron chi connectivity index (χ3n) is 24.3. The molecule has 2 aliphatic carbocycles. The number of fused-ring (bicyclic) bond motifs is 1. The maximum Gasteiger partial charge on any atom is 0.326 e. The van der Waals surface area contributed by atoms with Crippen LogP contribution in [0, 0.1) is 16.7 Å². The van der Waals surface area contributed by atoms with Crippen LogP contribution in [0.1, 0.15) is 221 Å². The Bertz CT molecular complexity index is 4460. The van der Waals surface area contributed by atoms with Crippen LogP contribution in [0.2, 0.25) is 0 Å². The van der Waals surface area contributed by atoms with E-state index in [9.17, 15) is 82.4 Å². The molecule has 0 bridgehead atoms. The number of nitrogens with two attached hydrogens (primary N) is 3. The quantitative estimate of drug-likeness (QED) is 0.0161. The van der Waals surface area contributed by atoms with Crippen LogP contribution in [0.15, 0.2) is 67.1 Å². The Kier molecular flexibility index (Phi) is 38.2. The van der Waals surface area contributed by atoms with E-state index in [1.807, 2.05) is 61.5 Å². The van der Waals surface area contributed by atoms with E-state index in [1.54, 1.807) is 13.8 Å². The number of H-pyrrole nitrogens is 1. The minimum absolute atomic E-state index is 0.0263. The van der Waals surface area contributed by atoms with Gasteiger partial charge in [0, 0.05) is 63.8 Å². The van der Waals surface area contributed by atoms with Gasteiger partial charge >= 0.3 is 5.97 Å². The molecule has 2 saturated carbocycles. The first-order valence-electron chi connectivity index (χ1n) is 44.8. The number of hydrogen-bond donors (Lipinski definition) is 22. The monoisotopic (exact) mass is 1770 g/mol. The van der Waals surface area contributed by atoms with Gasteiger partial charge in [0.25, 0.3) is 0 Å². The summed E-state index contributed by atoms with van der Waals surface area (Å²) in [6.45, 7) is 4.30. The minimum atomic E-state index is -1.79. The summed E-state index contributed by atoms with van der Waals surface area (Å²) >= 11 is 0. The van der Waals surface area contributed by atoms with Gasteiger partial charge in [0.05, 0.1) is 19.5 Å². The summed E-state index contributed by atoms with van der Waals surface area (Å²) in [6.07, 6.45) is 13.3. The smallest absolute Gasteiger partial charge is 0.326 e. The second-order valence-electron chi connectivity index (χ2n) is 34.3. The largest absolute Gasteiger partial charge is 0.507 e. The van der Waals surface area contributed by atoms with Gasteiger partial charge in [-0.25, -0.2) is 9.78 Å². The number of amides is 13. The number of imidazole rings is 1. The van der Waals surface area contributed by atoms with Crippen molar-refractivity contribution in [3.05, 3.63) is 95.1 Å². The number of carbonyl (C=O) groups is 14. The molecule has 3 saturated heterocycles. The van der Waals surface area contributed by atoms with E-state index in [4.69, 9.17) is 28.0 Å². The number of aliphatic hydroxyl groups is 1. The van der Waals surface area contributed by atoms with Crippen LogP contribution in [0.25, 0.3) is 10.8 Å². The molecule has 0 unspecified atom stereocenters. The molecule has 3 aromatic carbocycles. The molecular weight excluding hydrogens is 1640 g/mol. The molecule has 5 aliphatic rings. The number of carbonyl (C=O) groups excluding carboxylic acids is 13. The number of hydrogen-bond acceptors (Lipinski definition) is 20. The van der Waals surface area contributed by atoms with Crippen molar-refractivity contribution in [3.8, 4) is 5.75 Å². The van der Waals surface area contributed by atoms with E-state index in [0.717, 1.165) is 73.3 Å². The lowest BCUT2D eigenvalue weighted by Crippen LogP contribution is -2.61. The molecular formula is C88H130N22O17. The van der Waals surface area contributed by atoms with Crippen molar-refractivity contribution in [1.29, 1.82) is 10.8 Å². The number of aromatic hydroxyl groups is 1. The van der Waals surface area contributed by atoms with Gasteiger partial charge in [-0.05, 0) is 173 Å². The van der Waals surface area contributed by atoms with Gasteiger partial charge in [-0.1, -0.05) is 114 Å². The van der Waals surface area contributed by atoms with E-state index in [0.29, 0.717) is 48.9 Å². The summed E-state index contributed by atoms with van der Waals surface area (Å²) in [5.41, 5.74) is 20.1. The summed E-state index contributed by atoms with van der Waals surface area (Å²) in [4.78, 5) is 208. The fraction of sp³-hybridized carbons (Fsp3) is 0.602. The third-order valence-corrected chi connectivity index (χ3v) is 24.3. The zero-order chi connectivity index (χ0) is 91.8. The van der Waals surface area contributed by atoms with Crippen LogP contribution in [0.5, 0.6) is 5.75 Å². The van der Waals surface area contributed by atoms with Crippen molar-refractivity contribution in [2.75, 3.05) is 45.9 Å². The third kappa shape index (κ3) is 29.3. The van der Waals surface area contributed by atoms with Crippen LogP contribution in [-0.2, 0) is 86.4 Å². The maximum absolute atomic E-state index is 14.9. The van der Waals surface area contributed by atoms with Gasteiger partial charge < -0.3 is 116 Å². The first-order valence-corrected chi connectivity index (χ1v) is 44.8. The number of guanidine groups is 2. The molecule has 127 heavy (non-hydrogen) atoms. The lowest BCUT2D eigenvalue weighted by Gasteiger charge is -2.31. The average Bonchev–Trinajstić information content (AvgIpc) is 1.76. The van der Waals surface area contributed by atoms with Crippen LogP contribution >= 0.6 is 0 Å². The molecule has 1 aromatic heterocycles. The summed E-state index contributed by atoms with van der Waals surface area (Å²) in [5, 5.41) is 85.1. The number of aromatic nitrogens is 2. The molecule has 5 fully saturated rings. The van der Waals surface area contributed by atoms with Gasteiger partial charge in [0.15, 0.2) is 11.9 Å². The number of nitrogens with zero attached hydrogens (tertiary/aromatic N) is 3. The highest BCUT2D eigenvalue weighted by molar-refractivity contribution is 6.01. The normalized spacial score (nSPS) is 18.5. The van der Waals surface area contributed by atoms with Gasteiger partial charge in [-0.15, -0.1) is 0 Å². The van der Waals surface area contributed by atoms with Crippen molar-refractivity contribution in [2.45, 2.75) is 285 Å². The number of nitrogens with one attached hydrogen (secondary N) is 16. The number of aliphatic carboxylic acids is 1. The van der Waals surface area contributed by atoms with Gasteiger partial charge in [-0.3, -0.25) is 73.1 Å². The molecule has 3 aliphatic heterocycles. The number of phenolic OH excluding ortho intramolecular Hbond substituents is 1. The second-order valence-corrected chi connectivity index (χ2v) is 34.3. The Morgan fingerprint density at radius 3 is 1.61 bits per heavy atom. The van der Waals surface area contributed by atoms with Gasteiger partial charge in [-0.2, -0.15) is 0 Å². The Balaban J connectivity index is 0.843. The van der Waals surface area contributed by atoms with Crippen molar-refractivity contribution in [3.63, 3.8) is 0 Å². The van der Waals surface area contributed by atoms with Crippen LogP contribution in [-0.4, -0.2) is 248 Å². The molecule has 12 atom stereocenters. The number of unbranched alkanes of at least 4 members (excludes halogenated alkanes) is 2. The van der Waals surface area contributed by atoms with Gasteiger partial charge in [0.1, 0.15) is 78.3 Å². The topological polar surface area (TPSA) is 617 Å². The maximum atomic E-state index is 14.9. The van der Waals surface area contributed by atoms with Crippen molar-refractivity contribution in [1.82, 2.24) is 88.9 Å². The zero-order valence-corrected chi connectivity index (χ0v) is 72.9. The number of rotatable bonds is 49.